The van der Waals surface area contributed by atoms with Gasteiger partial charge in [-0.3, -0.25) is 0 Å². The Morgan fingerprint density at radius 2 is 2.15 bits per heavy atom. The molecular formula is C16H24N2O2. The molecule has 1 aliphatic heterocycles. The molecule has 0 radical (unpaired) electrons. The molecule has 2 unspecified atom stereocenters. The average molecular weight is 276 g/mol. The molecule has 110 valence electrons. The molecule has 1 heterocycles. The topological polar surface area (TPSA) is 52.6 Å². The van der Waals surface area contributed by atoms with Crippen molar-refractivity contribution in [3.8, 4) is 0 Å². The van der Waals surface area contributed by atoms with Gasteiger partial charge in [0.15, 0.2) is 0 Å². The first-order valence-electron chi connectivity index (χ1n) is 7.45. The van der Waals surface area contributed by atoms with E-state index in [2.05, 4.69) is 5.32 Å². The molecule has 0 bridgehead atoms. The molecular weight excluding hydrogens is 252 g/mol. The number of aliphatic hydroxyl groups excluding tert-OH is 1. The molecule has 1 aromatic rings. The van der Waals surface area contributed by atoms with Crippen LogP contribution >= 0.6 is 0 Å². The van der Waals surface area contributed by atoms with E-state index in [1.165, 1.54) is 0 Å². The molecule has 0 aliphatic carbocycles. The van der Waals surface area contributed by atoms with Gasteiger partial charge in [0.05, 0.1) is 6.04 Å². The second-order valence-corrected chi connectivity index (χ2v) is 5.44. The number of amides is 2. The van der Waals surface area contributed by atoms with E-state index in [0.717, 1.165) is 31.4 Å². The second kappa shape index (κ2) is 7.29. The van der Waals surface area contributed by atoms with Gasteiger partial charge in [-0.25, -0.2) is 4.79 Å². The summed E-state index contributed by atoms with van der Waals surface area (Å²) in [5.41, 5.74) is 1.11. The van der Waals surface area contributed by atoms with Crippen molar-refractivity contribution in [1.29, 1.82) is 0 Å². The Morgan fingerprint density at radius 3 is 2.85 bits per heavy atom. The Hall–Kier alpha value is -1.55. The van der Waals surface area contributed by atoms with Crippen LogP contribution in [0, 0.1) is 0 Å². The summed E-state index contributed by atoms with van der Waals surface area (Å²) in [6.45, 7) is 2.93. The molecule has 0 saturated carbocycles. The number of carbonyl (C=O) groups is 1. The number of aliphatic hydroxyl groups is 1. The van der Waals surface area contributed by atoms with Crippen LogP contribution < -0.4 is 5.32 Å². The van der Waals surface area contributed by atoms with E-state index in [-0.39, 0.29) is 24.7 Å². The van der Waals surface area contributed by atoms with Gasteiger partial charge in [-0.05, 0) is 38.2 Å². The third kappa shape index (κ3) is 3.73. The number of nitrogens with zero attached hydrogens (tertiary/aromatic N) is 1. The van der Waals surface area contributed by atoms with E-state index in [1.54, 1.807) is 0 Å². The van der Waals surface area contributed by atoms with Crippen molar-refractivity contribution in [2.45, 2.75) is 44.7 Å². The van der Waals surface area contributed by atoms with Crippen molar-refractivity contribution in [3.63, 3.8) is 0 Å². The quantitative estimate of drug-likeness (QED) is 0.888. The van der Waals surface area contributed by atoms with Crippen LogP contribution in [0.1, 0.15) is 44.2 Å². The van der Waals surface area contributed by atoms with Crippen LogP contribution in [0.4, 0.5) is 4.79 Å². The normalized spacial score (nSPS) is 20.5. The zero-order chi connectivity index (χ0) is 14.4. The molecule has 1 aliphatic rings. The summed E-state index contributed by atoms with van der Waals surface area (Å²) in [6.07, 6.45) is 3.86. The van der Waals surface area contributed by atoms with Gasteiger partial charge in [-0.2, -0.15) is 0 Å². The van der Waals surface area contributed by atoms with Gasteiger partial charge in [0, 0.05) is 19.2 Å². The lowest BCUT2D eigenvalue weighted by Crippen LogP contribution is -2.49. The fraction of sp³-hybridized carbons (Fsp3) is 0.562. The van der Waals surface area contributed by atoms with E-state index in [9.17, 15) is 4.79 Å². The van der Waals surface area contributed by atoms with Gasteiger partial charge in [0.2, 0.25) is 0 Å². The third-order valence-electron chi connectivity index (χ3n) is 3.99. The fourth-order valence-electron chi connectivity index (χ4n) is 2.81. The van der Waals surface area contributed by atoms with E-state index >= 15 is 0 Å². The summed E-state index contributed by atoms with van der Waals surface area (Å²) >= 11 is 0. The van der Waals surface area contributed by atoms with Crippen LogP contribution in [0.3, 0.4) is 0 Å². The first kappa shape index (κ1) is 14.9. The zero-order valence-electron chi connectivity index (χ0n) is 12.1. The van der Waals surface area contributed by atoms with Crippen LogP contribution in [0.5, 0.6) is 0 Å². The lowest BCUT2D eigenvalue weighted by atomic mass is 10.00. The minimum Gasteiger partial charge on any atom is -0.396 e. The minimum atomic E-state index is -0.0143. The molecule has 2 atom stereocenters. The number of hydrogen-bond acceptors (Lipinski definition) is 2. The second-order valence-electron chi connectivity index (χ2n) is 5.44. The molecule has 2 amide bonds. The monoisotopic (exact) mass is 276 g/mol. The molecule has 4 nitrogen and oxygen atoms in total. The van der Waals surface area contributed by atoms with Crippen LogP contribution in [0.25, 0.3) is 0 Å². The predicted molar refractivity (Wildman–Crippen MR) is 79.4 cm³/mol. The van der Waals surface area contributed by atoms with Crippen molar-refractivity contribution < 1.29 is 9.90 Å². The Labute approximate surface area is 120 Å². The lowest BCUT2D eigenvalue weighted by molar-refractivity contribution is 0.130. The Kier molecular flexibility index (Phi) is 5.41. The molecule has 1 saturated heterocycles. The van der Waals surface area contributed by atoms with Crippen molar-refractivity contribution in [1.82, 2.24) is 10.2 Å². The Balaban J connectivity index is 1.96. The first-order chi connectivity index (χ1) is 9.72. The fourth-order valence-corrected chi connectivity index (χ4v) is 2.81. The predicted octanol–water partition coefficient (Wildman–Crippen LogP) is 2.69. The van der Waals surface area contributed by atoms with Crippen molar-refractivity contribution in [2.24, 2.45) is 0 Å². The van der Waals surface area contributed by atoms with Gasteiger partial charge < -0.3 is 15.3 Å². The van der Waals surface area contributed by atoms with Gasteiger partial charge >= 0.3 is 6.03 Å². The Morgan fingerprint density at radius 1 is 1.40 bits per heavy atom. The number of likely N-dealkylation sites (tertiary alicyclic amines) is 1. The van der Waals surface area contributed by atoms with E-state index in [0.29, 0.717) is 6.42 Å². The average Bonchev–Trinajstić information content (AvgIpc) is 2.49. The molecule has 1 aromatic carbocycles. The van der Waals surface area contributed by atoms with E-state index in [4.69, 9.17) is 5.11 Å². The molecule has 2 N–H and O–H groups in total. The third-order valence-corrected chi connectivity index (χ3v) is 3.99. The Bertz CT molecular complexity index is 420. The van der Waals surface area contributed by atoms with Gasteiger partial charge in [0.1, 0.15) is 0 Å². The maximum atomic E-state index is 12.4. The molecule has 1 fully saturated rings. The maximum Gasteiger partial charge on any atom is 0.318 e. The number of hydrogen-bond donors (Lipinski definition) is 2. The van der Waals surface area contributed by atoms with Crippen molar-refractivity contribution in [2.75, 3.05) is 13.2 Å². The summed E-state index contributed by atoms with van der Waals surface area (Å²) in [6, 6.07) is 10.1. The van der Waals surface area contributed by atoms with Crippen molar-refractivity contribution in [3.05, 3.63) is 35.9 Å². The van der Waals surface area contributed by atoms with Gasteiger partial charge in [-0.15, -0.1) is 0 Å². The number of urea groups is 1. The number of rotatable bonds is 4. The SMILES string of the molecule is CC(NC(=O)N1CCCCC1CCO)c1ccccc1. The number of benzene rings is 1. The number of piperidine rings is 1. The summed E-state index contributed by atoms with van der Waals surface area (Å²) in [5, 5.41) is 12.2. The molecule has 2 rings (SSSR count). The highest BCUT2D eigenvalue weighted by atomic mass is 16.3. The molecule has 4 heteroatoms. The molecule has 0 aromatic heterocycles. The minimum absolute atomic E-state index is 0.000373. The van der Waals surface area contributed by atoms with E-state index in [1.807, 2.05) is 42.2 Å². The first-order valence-corrected chi connectivity index (χ1v) is 7.45. The van der Waals surface area contributed by atoms with Crippen LogP contribution in [-0.2, 0) is 0 Å². The van der Waals surface area contributed by atoms with Crippen LogP contribution in [0.15, 0.2) is 30.3 Å². The summed E-state index contributed by atoms with van der Waals surface area (Å²) < 4.78 is 0. The largest absolute Gasteiger partial charge is 0.396 e. The van der Waals surface area contributed by atoms with Gasteiger partial charge in [-0.1, -0.05) is 30.3 Å². The number of nitrogens with one attached hydrogen (secondary N) is 1. The summed E-state index contributed by atoms with van der Waals surface area (Å²) in [4.78, 5) is 14.3. The van der Waals surface area contributed by atoms with Gasteiger partial charge in [0.25, 0.3) is 0 Å². The van der Waals surface area contributed by atoms with Crippen LogP contribution in [-0.4, -0.2) is 35.2 Å². The molecule has 20 heavy (non-hydrogen) atoms. The van der Waals surface area contributed by atoms with Crippen molar-refractivity contribution >= 4 is 6.03 Å². The smallest absolute Gasteiger partial charge is 0.318 e. The highest BCUT2D eigenvalue weighted by Gasteiger charge is 2.26. The van der Waals surface area contributed by atoms with E-state index < -0.39 is 0 Å². The summed E-state index contributed by atoms with van der Waals surface area (Å²) in [5.74, 6) is 0. The highest BCUT2D eigenvalue weighted by Crippen LogP contribution is 2.20. The maximum absolute atomic E-state index is 12.4. The standard InChI is InChI=1S/C16H24N2O2/c1-13(14-7-3-2-4-8-14)17-16(20)18-11-6-5-9-15(18)10-12-19/h2-4,7-8,13,15,19H,5-6,9-12H2,1H3,(H,17,20). The lowest BCUT2D eigenvalue weighted by Gasteiger charge is -2.36. The van der Waals surface area contributed by atoms with Crippen LogP contribution in [0.2, 0.25) is 0 Å². The zero-order valence-corrected chi connectivity index (χ0v) is 12.1. The molecule has 0 spiro atoms. The highest BCUT2D eigenvalue weighted by molar-refractivity contribution is 5.75. The number of carbonyl (C=O) groups excluding carboxylic acids is 1. The summed E-state index contributed by atoms with van der Waals surface area (Å²) in [7, 11) is 0.